The van der Waals surface area contributed by atoms with Crippen LogP contribution in [0.25, 0.3) is 0 Å². The number of urea groups is 1. The average molecular weight is 387 g/mol. The van der Waals surface area contributed by atoms with Gasteiger partial charge in [0, 0.05) is 55.5 Å². The molecule has 2 aromatic rings. The second kappa shape index (κ2) is 9.39. The lowest BCUT2D eigenvalue weighted by atomic mass is 10.2. The Balaban J connectivity index is 1.36. The Kier molecular flexibility index (Phi) is 6.68. The molecule has 27 heavy (non-hydrogen) atoms. The van der Waals surface area contributed by atoms with E-state index in [0.29, 0.717) is 30.3 Å². The fourth-order valence-corrected chi connectivity index (χ4v) is 3.20. The van der Waals surface area contributed by atoms with Crippen molar-refractivity contribution < 1.29 is 9.59 Å². The molecule has 0 spiro atoms. The molecule has 3 amide bonds. The van der Waals surface area contributed by atoms with E-state index in [9.17, 15) is 9.59 Å². The van der Waals surface area contributed by atoms with Crippen molar-refractivity contribution in [2.45, 2.75) is 0 Å². The molecular weight excluding hydrogens is 364 g/mol. The van der Waals surface area contributed by atoms with Crippen molar-refractivity contribution in [2.75, 3.05) is 44.6 Å². The van der Waals surface area contributed by atoms with Gasteiger partial charge in [0.15, 0.2) is 0 Å². The number of anilines is 1. The van der Waals surface area contributed by atoms with Gasteiger partial charge in [-0.25, -0.2) is 4.79 Å². The predicted octanol–water partition coefficient (Wildman–Crippen LogP) is 2.92. The largest absolute Gasteiger partial charge is 0.337 e. The molecule has 2 N–H and O–H groups in total. The molecule has 7 heteroatoms. The van der Waals surface area contributed by atoms with E-state index < -0.39 is 0 Å². The number of carbonyl (C=O) groups excluding carboxylic acids is 2. The molecule has 6 nitrogen and oxygen atoms in total. The van der Waals surface area contributed by atoms with E-state index in [4.69, 9.17) is 11.6 Å². The van der Waals surface area contributed by atoms with Gasteiger partial charge in [0.2, 0.25) is 0 Å². The van der Waals surface area contributed by atoms with Crippen LogP contribution >= 0.6 is 11.6 Å². The molecule has 0 aromatic heterocycles. The van der Waals surface area contributed by atoms with Crippen LogP contribution in [0.3, 0.4) is 0 Å². The van der Waals surface area contributed by atoms with E-state index in [2.05, 4.69) is 15.5 Å². The Labute approximate surface area is 164 Å². The van der Waals surface area contributed by atoms with E-state index in [1.807, 2.05) is 35.2 Å². The van der Waals surface area contributed by atoms with Crippen LogP contribution in [0.15, 0.2) is 54.6 Å². The fraction of sp³-hybridized carbons (Fsp3) is 0.300. The lowest BCUT2D eigenvalue weighted by molar-refractivity contribution is 0.0639. The highest BCUT2D eigenvalue weighted by Crippen LogP contribution is 2.14. The molecule has 1 aliphatic rings. The molecule has 0 atom stereocenters. The third kappa shape index (κ3) is 5.70. The number of halogens is 1. The van der Waals surface area contributed by atoms with Gasteiger partial charge in [0.05, 0.1) is 0 Å². The van der Waals surface area contributed by atoms with Crippen molar-refractivity contribution in [1.82, 2.24) is 15.1 Å². The van der Waals surface area contributed by atoms with Gasteiger partial charge in [-0.1, -0.05) is 35.9 Å². The van der Waals surface area contributed by atoms with Gasteiger partial charge in [0.25, 0.3) is 5.91 Å². The Morgan fingerprint density at radius 3 is 2.41 bits per heavy atom. The molecular formula is C20H23ClN4O2. The molecule has 1 fully saturated rings. The van der Waals surface area contributed by atoms with Gasteiger partial charge in [-0.05, 0) is 30.3 Å². The second-order valence-corrected chi connectivity index (χ2v) is 6.83. The number of nitrogens with zero attached hydrogens (tertiary/aromatic N) is 2. The first-order chi connectivity index (χ1) is 13.1. The van der Waals surface area contributed by atoms with Crippen molar-refractivity contribution >= 4 is 29.2 Å². The van der Waals surface area contributed by atoms with Crippen LogP contribution in [-0.4, -0.2) is 61.0 Å². The molecule has 2 aromatic carbocycles. The Morgan fingerprint density at radius 1 is 0.963 bits per heavy atom. The summed E-state index contributed by atoms with van der Waals surface area (Å²) >= 11 is 5.90. The van der Waals surface area contributed by atoms with Crippen LogP contribution in [0.1, 0.15) is 10.4 Å². The third-order valence-corrected chi connectivity index (χ3v) is 4.71. The van der Waals surface area contributed by atoms with Crippen molar-refractivity contribution in [3.63, 3.8) is 0 Å². The number of carbonyl (C=O) groups is 2. The van der Waals surface area contributed by atoms with Crippen molar-refractivity contribution in [3.8, 4) is 0 Å². The molecule has 0 bridgehead atoms. The number of rotatable bonds is 5. The maximum atomic E-state index is 12.4. The van der Waals surface area contributed by atoms with E-state index in [-0.39, 0.29) is 11.9 Å². The topological polar surface area (TPSA) is 64.7 Å². The molecule has 0 unspecified atom stereocenters. The van der Waals surface area contributed by atoms with Crippen LogP contribution in [0.4, 0.5) is 10.5 Å². The SMILES string of the molecule is O=C(NCCN1CCN(C(=O)c2ccccc2)CC1)Nc1cccc(Cl)c1. The molecule has 0 saturated carbocycles. The smallest absolute Gasteiger partial charge is 0.319 e. The zero-order chi connectivity index (χ0) is 19.1. The second-order valence-electron chi connectivity index (χ2n) is 6.39. The number of benzene rings is 2. The standard InChI is InChI=1S/C20H23ClN4O2/c21-17-7-4-8-18(15-17)23-20(27)22-9-10-24-11-13-25(14-12-24)19(26)16-5-2-1-3-6-16/h1-8,15H,9-14H2,(H2,22,23,27). The van der Waals surface area contributed by atoms with Crippen LogP contribution < -0.4 is 10.6 Å². The van der Waals surface area contributed by atoms with Crippen LogP contribution in [0, 0.1) is 0 Å². The maximum Gasteiger partial charge on any atom is 0.319 e. The maximum absolute atomic E-state index is 12.4. The summed E-state index contributed by atoms with van der Waals surface area (Å²) < 4.78 is 0. The number of amides is 3. The summed E-state index contributed by atoms with van der Waals surface area (Å²) in [6.45, 7) is 4.28. The molecule has 0 aliphatic carbocycles. The Bertz CT molecular complexity index is 777. The summed E-state index contributed by atoms with van der Waals surface area (Å²) in [4.78, 5) is 28.5. The number of hydrogen-bond acceptors (Lipinski definition) is 3. The highest BCUT2D eigenvalue weighted by Gasteiger charge is 2.21. The zero-order valence-corrected chi connectivity index (χ0v) is 15.8. The molecule has 3 rings (SSSR count). The summed E-state index contributed by atoms with van der Waals surface area (Å²) in [5, 5.41) is 6.18. The van der Waals surface area contributed by atoms with Crippen molar-refractivity contribution in [2.24, 2.45) is 0 Å². The van der Waals surface area contributed by atoms with Gasteiger partial charge in [-0.15, -0.1) is 0 Å². The van der Waals surface area contributed by atoms with E-state index in [1.54, 1.807) is 24.3 Å². The molecule has 1 heterocycles. The van der Waals surface area contributed by atoms with Crippen LogP contribution in [-0.2, 0) is 0 Å². The van der Waals surface area contributed by atoms with Crippen LogP contribution in [0.5, 0.6) is 0 Å². The van der Waals surface area contributed by atoms with Gasteiger partial charge < -0.3 is 15.5 Å². The minimum atomic E-state index is -0.254. The van der Waals surface area contributed by atoms with Crippen LogP contribution in [0.2, 0.25) is 5.02 Å². The Morgan fingerprint density at radius 2 is 1.70 bits per heavy atom. The summed E-state index contributed by atoms with van der Waals surface area (Å²) in [6, 6.07) is 16.1. The Hall–Kier alpha value is -2.57. The first kappa shape index (κ1) is 19.2. The average Bonchev–Trinajstić information content (AvgIpc) is 2.69. The van der Waals surface area contributed by atoms with Gasteiger partial charge in [0.1, 0.15) is 0 Å². The lowest BCUT2D eigenvalue weighted by Gasteiger charge is -2.34. The number of hydrogen-bond donors (Lipinski definition) is 2. The molecule has 1 saturated heterocycles. The lowest BCUT2D eigenvalue weighted by Crippen LogP contribution is -2.50. The van der Waals surface area contributed by atoms with E-state index >= 15 is 0 Å². The van der Waals surface area contributed by atoms with Gasteiger partial charge >= 0.3 is 6.03 Å². The van der Waals surface area contributed by atoms with E-state index in [0.717, 1.165) is 25.2 Å². The summed E-state index contributed by atoms with van der Waals surface area (Å²) in [6.07, 6.45) is 0. The first-order valence-electron chi connectivity index (χ1n) is 8.99. The molecule has 142 valence electrons. The minimum Gasteiger partial charge on any atom is -0.337 e. The normalized spacial score (nSPS) is 14.6. The van der Waals surface area contributed by atoms with Crippen molar-refractivity contribution in [3.05, 3.63) is 65.2 Å². The summed E-state index contributed by atoms with van der Waals surface area (Å²) in [7, 11) is 0. The minimum absolute atomic E-state index is 0.0780. The monoisotopic (exact) mass is 386 g/mol. The summed E-state index contributed by atoms with van der Waals surface area (Å²) in [5.41, 5.74) is 1.39. The third-order valence-electron chi connectivity index (χ3n) is 4.48. The number of piperazine rings is 1. The molecule has 0 radical (unpaired) electrons. The first-order valence-corrected chi connectivity index (χ1v) is 9.37. The van der Waals surface area contributed by atoms with E-state index in [1.165, 1.54) is 0 Å². The highest BCUT2D eigenvalue weighted by atomic mass is 35.5. The predicted molar refractivity (Wildman–Crippen MR) is 107 cm³/mol. The highest BCUT2D eigenvalue weighted by molar-refractivity contribution is 6.30. The molecule has 1 aliphatic heterocycles. The van der Waals surface area contributed by atoms with Gasteiger partial charge in [-0.2, -0.15) is 0 Å². The quantitative estimate of drug-likeness (QED) is 0.830. The number of nitrogens with one attached hydrogen (secondary N) is 2. The zero-order valence-electron chi connectivity index (χ0n) is 15.0. The summed E-state index contributed by atoms with van der Waals surface area (Å²) in [5.74, 6) is 0.0780. The fourth-order valence-electron chi connectivity index (χ4n) is 3.01. The van der Waals surface area contributed by atoms with Crippen molar-refractivity contribution in [1.29, 1.82) is 0 Å². The van der Waals surface area contributed by atoms with Gasteiger partial charge in [-0.3, -0.25) is 9.69 Å².